The van der Waals surface area contributed by atoms with Crippen LogP contribution >= 0.6 is 0 Å². The second kappa shape index (κ2) is 11.5. The number of ether oxygens (including phenoxy) is 1. The van der Waals surface area contributed by atoms with Crippen molar-refractivity contribution in [1.29, 1.82) is 0 Å². The van der Waals surface area contributed by atoms with Crippen molar-refractivity contribution >= 4 is 11.9 Å². The molecular formula is C20H39N5O2. The van der Waals surface area contributed by atoms with E-state index in [4.69, 9.17) is 4.74 Å². The zero-order valence-corrected chi connectivity index (χ0v) is 17.7. The Hall–Kier alpha value is -1.34. The quantitative estimate of drug-likeness (QED) is 0.405. The fourth-order valence-corrected chi connectivity index (χ4v) is 3.98. The van der Waals surface area contributed by atoms with Crippen LogP contribution < -0.4 is 5.32 Å². The normalized spacial score (nSPS) is 21.9. The van der Waals surface area contributed by atoms with Gasteiger partial charge in [-0.05, 0) is 32.2 Å². The van der Waals surface area contributed by atoms with Crippen LogP contribution in [0.4, 0.5) is 0 Å². The second-order valence-corrected chi connectivity index (χ2v) is 7.78. The van der Waals surface area contributed by atoms with E-state index >= 15 is 0 Å². The summed E-state index contributed by atoms with van der Waals surface area (Å²) in [7, 11) is 1.84. The molecule has 2 fully saturated rings. The van der Waals surface area contributed by atoms with Gasteiger partial charge in [0.05, 0.1) is 12.5 Å². The number of guanidine groups is 1. The number of piperidine rings is 1. The van der Waals surface area contributed by atoms with Crippen molar-refractivity contribution in [1.82, 2.24) is 20.0 Å². The molecule has 2 saturated heterocycles. The number of aliphatic imine (C=N–C) groups is 1. The Bertz CT molecular complexity index is 469. The Morgan fingerprint density at radius 1 is 1.11 bits per heavy atom. The summed E-state index contributed by atoms with van der Waals surface area (Å²) in [4.78, 5) is 23.7. The number of rotatable bonds is 7. The lowest BCUT2D eigenvalue weighted by molar-refractivity contribution is -0.149. The highest BCUT2D eigenvalue weighted by Gasteiger charge is 2.27. The van der Waals surface area contributed by atoms with Crippen LogP contribution in [-0.2, 0) is 9.53 Å². The van der Waals surface area contributed by atoms with Crippen LogP contribution in [0, 0.1) is 11.8 Å². The van der Waals surface area contributed by atoms with Gasteiger partial charge in [-0.15, -0.1) is 0 Å². The monoisotopic (exact) mass is 381 g/mol. The minimum absolute atomic E-state index is 0.0417. The molecule has 27 heavy (non-hydrogen) atoms. The molecule has 0 aromatic rings. The van der Waals surface area contributed by atoms with E-state index in [1.54, 1.807) is 0 Å². The van der Waals surface area contributed by atoms with E-state index in [2.05, 4.69) is 38.9 Å². The third-order valence-corrected chi connectivity index (χ3v) is 5.72. The van der Waals surface area contributed by atoms with E-state index in [0.29, 0.717) is 12.5 Å². The highest BCUT2D eigenvalue weighted by molar-refractivity contribution is 5.80. The molecule has 0 radical (unpaired) electrons. The number of nitrogens with one attached hydrogen (secondary N) is 1. The van der Waals surface area contributed by atoms with E-state index in [0.717, 1.165) is 51.5 Å². The summed E-state index contributed by atoms with van der Waals surface area (Å²) in [5.41, 5.74) is 0. The first-order valence-corrected chi connectivity index (χ1v) is 10.6. The molecule has 0 saturated carbocycles. The molecule has 2 rings (SSSR count). The van der Waals surface area contributed by atoms with Gasteiger partial charge in [0.2, 0.25) is 0 Å². The molecule has 2 heterocycles. The average molecular weight is 382 g/mol. The summed E-state index contributed by atoms with van der Waals surface area (Å²) < 4.78 is 5.16. The van der Waals surface area contributed by atoms with Crippen LogP contribution in [0.3, 0.4) is 0 Å². The van der Waals surface area contributed by atoms with Crippen molar-refractivity contribution in [2.45, 2.75) is 33.6 Å². The summed E-state index contributed by atoms with van der Waals surface area (Å²) >= 11 is 0. The Balaban J connectivity index is 1.69. The molecule has 0 bridgehead atoms. The van der Waals surface area contributed by atoms with Crippen molar-refractivity contribution in [3.8, 4) is 0 Å². The molecule has 0 aliphatic carbocycles. The van der Waals surface area contributed by atoms with Gasteiger partial charge >= 0.3 is 5.97 Å². The number of carbonyl (C=O) groups excluding carboxylic acids is 1. The Labute approximate surface area is 165 Å². The summed E-state index contributed by atoms with van der Waals surface area (Å²) in [5, 5.41) is 3.54. The third-order valence-electron chi connectivity index (χ3n) is 5.72. The zero-order valence-electron chi connectivity index (χ0n) is 17.7. The lowest BCUT2D eigenvalue weighted by Gasteiger charge is -2.36. The molecule has 7 nitrogen and oxygen atoms in total. The van der Waals surface area contributed by atoms with Gasteiger partial charge in [0, 0.05) is 59.4 Å². The van der Waals surface area contributed by atoms with Crippen molar-refractivity contribution < 1.29 is 9.53 Å². The molecule has 2 aliphatic heterocycles. The van der Waals surface area contributed by atoms with E-state index in [1.165, 1.54) is 26.2 Å². The molecule has 0 aromatic carbocycles. The number of hydrogen-bond donors (Lipinski definition) is 1. The van der Waals surface area contributed by atoms with Crippen LogP contribution in [-0.4, -0.2) is 99.2 Å². The maximum Gasteiger partial charge on any atom is 0.309 e. The fourth-order valence-electron chi connectivity index (χ4n) is 3.98. The highest BCUT2D eigenvalue weighted by atomic mass is 16.5. The number of esters is 1. The first kappa shape index (κ1) is 22.0. The molecule has 7 heteroatoms. The molecule has 0 aromatic heterocycles. The zero-order chi connectivity index (χ0) is 19.6. The van der Waals surface area contributed by atoms with E-state index < -0.39 is 0 Å². The van der Waals surface area contributed by atoms with Crippen molar-refractivity contribution in [2.24, 2.45) is 16.8 Å². The van der Waals surface area contributed by atoms with Gasteiger partial charge in [0.25, 0.3) is 0 Å². The largest absolute Gasteiger partial charge is 0.466 e. The molecular weight excluding hydrogens is 342 g/mol. The van der Waals surface area contributed by atoms with Crippen LogP contribution in [0.15, 0.2) is 4.99 Å². The van der Waals surface area contributed by atoms with E-state index in [9.17, 15) is 4.79 Å². The van der Waals surface area contributed by atoms with Crippen LogP contribution in [0.1, 0.15) is 33.6 Å². The molecule has 0 spiro atoms. The number of likely N-dealkylation sites (tertiary alicyclic amines) is 1. The lowest BCUT2D eigenvalue weighted by Crippen LogP contribution is -2.50. The summed E-state index contributed by atoms with van der Waals surface area (Å²) in [6.07, 6.45) is 1.69. The van der Waals surface area contributed by atoms with Crippen LogP contribution in [0.25, 0.3) is 0 Å². The highest BCUT2D eigenvalue weighted by Crippen LogP contribution is 2.18. The van der Waals surface area contributed by atoms with Gasteiger partial charge in [0.15, 0.2) is 5.96 Å². The molecule has 1 atom stereocenters. The molecule has 0 amide bonds. The van der Waals surface area contributed by atoms with Crippen molar-refractivity contribution in [3.63, 3.8) is 0 Å². The maximum absolute atomic E-state index is 11.9. The number of hydrogen-bond acceptors (Lipinski definition) is 5. The van der Waals surface area contributed by atoms with E-state index in [-0.39, 0.29) is 11.9 Å². The summed E-state index contributed by atoms with van der Waals surface area (Å²) in [6.45, 7) is 16.5. The SMILES string of the molecule is CCOC(=O)C1CCN(C(=NC)NCC(C)CN2CCN(CC)CC2)CC1. The summed E-state index contributed by atoms with van der Waals surface area (Å²) in [5.74, 6) is 1.53. The number of likely N-dealkylation sites (N-methyl/N-ethyl adjacent to an activating group) is 1. The smallest absolute Gasteiger partial charge is 0.309 e. The van der Waals surface area contributed by atoms with Gasteiger partial charge in [-0.3, -0.25) is 9.79 Å². The number of nitrogens with zero attached hydrogens (tertiary/aromatic N) is 4. The maximum atomic E-state index is 11.9. The molecule has 2 aliphatic rings. The Kier molecular flexibility index (Phi) is 9.34. The fraction of sp³-hybridized carbons (Fsp3) is 0.900. The lowest BCUT2D eigenvalue weighted by atomic mass is 9.97. The number of carbonyl (C=O) groups is 1. The molecule has 1 unspecified atom stereocenters. The summed E-state index contributed by atoms with van der Waals surface area (Å²) in [6, 6.07) is 0. The van der Waals surface area contributed by atoms with Gasteiger partial charge in [-0.2, -0.15) is 0 Å². The number of piperazine rings is 1. The van der Waals surface area contributed by atoms with Gasteiger partial charge in [-0.25, -0.2) is 0 Å². The van der Waals surface area contributed by atoms with Gasteiger partial charge < -0.3 is 24.8 Å². The topological polar surface area (TPSA) is 60.4 Å². The van der Waals surface area contributed by atoms with Crippen LogP contribution in [0.5, 0.6) is 0 Å². The predicted molar refractivity (Wildman–Crippen MR) is 110 cm³/mol. The Morgan fingerprint density at radius 3 is 2.30 bits per heavy atom. The van der Waals surface area contributed by atoms with Gasteiger partial charge in [0.1, 0.15) is 0 Å². The third kappa shape index (κ3) is 6.96. The van der Waals surface area contributed by atoms with Crippen molar-refractivity contribution in [3.05, 3.63) is 0 Å². The first-order chi connectivity index (χ1) is 13.1. The van der Waals surface area contributed by atoms with Gasteiger partial charge in [-0.1, -0.05) is 13.8 Å². The minimum Gasteiger partial charge on any atom is -0.466 e. The molecule has 1 N–H and O–H groups in total. The standard InChI is InChI=1S/C20H39N5O2/c1-5-23-11-13-24(14-12-23)16-17(3)15-22-20(21-4)25-9-7-18(8-10-25)19(26)27-6-2/h17-18H,5-16H2,1-4H3,(H,21,22). The average Bonchev–Trinajstić information content (AvgIpc) is 2.69. The first-order valence-electron chi connectivity index (χ1n) is 10.6. The second-order valence-electron chi connectivity index (χ2n) is 7.78. The van der Waals surface area contributed by atoms with E-state index in [1.807, 2.05) is 14.0 Å². The predicted octanol–water partition coefficient (Wildman–Crippen LogP) is 1.11. The Morgan fingerprint density at radius 2 is 1.74 bits per heavy atom. The van der Waals surface area contributed by atoms with Crippen LogP contribution in [0.2, 0.25) is 0 Å². The minimum atomic E-state index is -0.0445. The van der Waals surface area contributed by atoms with Crippen molar-refractivity contribution in [2.75, 3.05) is 72.6 Å². The molecule has 156 valence electrons.